The lowest BCUT2D eigenvalue weighted by Gasteiger charge is -2.20. The number of unbranched alkanes of at least 4 members (excludes halogenated alkanes) is 26. The van der Waals surface area contributed by atoms with Gasteiger partial charge in [-0.05, 0) is 25.7 Å². The van der Waals surface area contributed by atoms with Crippen LogP contribution in [0.3, 0.4) is 0 Å². The molecule has 0 aliphatic carbocycles. The maximum absolute atomic E-state index is 6.03. The van der Waals surface area contributed by atoms with Crippen LogP contribution < -0.4 is 10.6 Å². The van der Waals surface area contributed by atoms with Crippen molar-refractivity contribution < 1.29 is 9.47 Å². The third kappa shape index (κ3) is 36.7. The maximum Gasteiger partial charge on any atom is 0.0619 e. The summed E-state index contributed by atoms with van der Waals surface area (Å²) in [6.45, 7) is 14.6. The van der Waals surface area contributed by atoms with E-state index in [1.165, 1.54) is 180 Å². The summed E-state index contributed by atoms with van der Waals surface area (Å²) in [7, 11) is 0. The summed E-state index contributed by atoms with van der Waals surface area (Å²) in [5.41, 5.74) is 0. The van der Waals surface area contributed by atoms with Crippen molar-refractivity contribution in [1.29, 1.82) is 0 Å². The molecule has 0 aliphatic rings. The molecule has 2 N–H and O–H groups in total. The Balaban J connectivity index is 3.45. The van der Waals surface area contributed by atoms with Crippen LogP contribution in [-0.4, -0.2) is 51.6 Å². The van der Waals surface area contributed by atoms with Crippen molar-refractivity contribution >= 4 is 0 Å². The highest BCUT2D eigenvalue weighted by Gasteiger charge is 2.08. The number of nitrogens with one attached hydrogen (secondary N) is 2. The van der Waals surface area contributed by atoms with E-state index in [2.05, 4.69) is 38.3 Å². The van der Waals surface area contributed by atoms with Crippen molar-refractivity contribution in [2.75, 3.05) is 39.5 Å². The van der Waals surface area contributed by atoms with Gasteiger partial charge in [0.25, 0.3) is 0 Å². The molecule has 278 valence electrons. The molecule has 0 bridgehead atoms. The van der Waals surface area contributed by atoms with Gasteiger partial charge in [-0.1, -0.05) is 195 Å². The summed E-state index contributed by atoms with van der Waals surface area (Å²) in [6, 6.07) is 0.926. The molecule has 0 radical (unpaired) electrons. The highest BCUT2D eigenvalue weighted by atomic mass is 16.5. The van der Waals surface area contributed by atoms with E-state index in [4.69, 9.17) is 9.47 Å². The molecule has 0 spiro atoms. The monoisotopic (exact) mass is 653 g/mol. The number of rotatable bonds is 41. The molecule has 0 heterocycles. The van der Waals surface area contributed by atoms with Crippen LogP contribution in [0.5, 0.6) is 0 Å². The summed E-state index contributed by atoms with van der Waals surface area (Å²) in [5.74, 6) is 0. The molecule has 0 saturated carbocycles. The SMILES string of the molecule is CCCCCCCCCCCCCCCCOC[C@H](CC)NCCN[C@@H](CC)COCCCCCCCCCCCCCCCC. The van der Waals surface area contributed by atoms with Crippen molar-refractivity contribution in [3.8, 4) is 0 Å². The normalized spacial score (nSPS) is 13.0. The van der Waals surface area contributed by atoms with E-state index in [1.807, 2.05) is 0 Å². The molecule has 46 heavy (non-hydrogen) atoms. The van der Waals surface area contributed by atoms with Crippen LogP contribution in [0, 0.1) is 0 Å². The van der Waals surface area contributed by atoms with Crippen molar-refractivity contribution in [3.63, 3.8) is 0 Å². The van der Waals surface area contributed by atoms with Gasteiger partial charge in [-0.3, -0.25) is 0 Å². The summed E-state index contributed by atoms with van der Waals surface area (Å²) >= 11 is 0. The van der Waals surface area contributed by atoms with Gasteiger partial charge in [-0.2, -0.15) is 0 Å². The Morgan fingerprint density at radius 3 is 0.804 bits per heavy atom. The number of hydrogen-bond acceptors (Lipinski definition) is 4. The van der Waals surface area contributed by atoms with Gasteiger partial charge in [0.2, 0.25) is 0 Å². The molecular weight excluding hydrogens is 564 g/mol. The molecule has 4 nitrogen and oxygen atoms in total. The van der Waals surface area contributed by atoms with Crippen LogP contribution in [0.15, 0.2) is 0 Å². The summed E-state index contributed by atoms with van der Waals surface area (Å²) in [4.78, 5) is 0. The lowest BCUT2D eigenvalue weighted by Crippen LogP contribution is -2.41. The first kappa shape index (κ1) is 45.8. The van der Waals surface area contributed by atoms with E-state index in [-0.39, 0.29) is 0 Å². The van der Waals surface area contributed by atoms with E-state index in [9.17, 15) is 0 Å². The molecule has 0 aromatic heterocycles. The van der Waals surface area contributed by atoms with Crippen molar-refractivity contribution in [3.05, 3.63) is 0 Å². The zero-order valence-corrected chi connectivity index (χ0v) is 32.4. The first-order valence-corrected chi connectivity index (χ1v) is 21.4. The number of hydrogen-bond donors (Lipinski definition) is 2. The predicted molar refractivity (Wildman–Crippen MR) is 206 cm³/mol. The standard InChI is InChI=1S/C42H88N2O2/c1-5-9-11-13-15-17-19-21-23-25-27-29-31-33-37-45-39-41(7-3)43-35-36-44-42(8-4)40-46-38-34-32-30-28-26-24-22-20-18-16-14-12-10-6-2/h41-44H,5-40H2,1-4H3/t41-,42-/m0/s1. The fraction of sp³-hybridized carbons (Fsp3) is 1.00. The van der Waals surface area contributed by atoms with Gasteiger partial charge in [0.1, 0.15) is 0 Å². The van der Waals surface area contributed by atoms with E-state index in [0.717, 1.165) is 52.4 Å². The van der Waals surface area contributed by atoms with Crippen molar-refractivity contribution in [2.45, 2.75) is 232 Å². The maximum atomic E-state index is 6.03. The Kier molecular flexibility index (Phi) is 40.9. The molecule has 0 aromatic rings. The van der Waals surface area contributed by atoms with Crippen LogP contribution in [0.4, 0.5) is 0 Å². The topological polar surface area (TPSA) is 42.5 Å². The van der Waals surface area contributed by atoms with Crippen LogP contribution in [-0.2, 0) is 9.47 Å². The Bertz CT molecular complexity index is 486. The Hall–Kier alpha value is -0.160. The largest absolute Gasteiger partial charge is 0.380 e. The van der Waals surface area contributed by atoms with Gasteiger partial charge < -0.3 is 20.1 Å². The molecule has 0 fully saturated rings. The number of ether oxygens (including phenoxy) is 2. The van der Waals surface area contributed by atoms with Gasteiger partial charge >= 0.3 is 0 Å². The fourth-order valence-corrected chi connectivity index (χ4v) is 6.44. The third-order valence-electron chi connectivity index (χ3n) is 9.90. The first-order chi connectivity index (χ1) is 22.8. The van der Waals surface area contributed by atoms with Gasteiger partial charge in [-0.25, -0.2) is 0 Å². The Labute approximate surface area is 291 Å². The molecule has 0 unspecified atom stereocenters. The van der Waals surface area contributed by atoms with Gasteiger partial charge in [0.05, 0.1) is 13.2 Å². The van der Waals surface area contributed by atoms with E-state index >= 15 is 0 Å². The molecule has 2 atom stereocenters. The lowest BCUT2D eigenvalue weighted by atomic mass is 10.0. The molecule has 0 rings (SSSR count). The highest BCUT2D eigenvalue weighted by molar-refractivity contribution is 4.68. The van der Waals surface area contributed by atoms with Crippen LogP contribution in [0.1, 0.15) is 220 Å². The van der Waals surface area contributed by atoms with Gasteiger partial charge in [-0.15, -0.1) is 0 Å². The second-order valence-electron chi connectivity index (χ2n) is 14.5. The third-order valence-corrected chi connectivity index (χ3v) is 9.90. The predicted octanol–water partition coefficient (Wildman–Crippen LogP) is 12.7. The summed E-state index contributed by atoms with van der Waals surface area (Å²) < 4.78 is 12.1. The van der Waals surface area contributed by atoms with Crippen LogP contribution in [0.2, 0.25) is 0 Å². The average molecular weight is 653 g/mol. The second-order valence-corrected chi connectivity index (χ2v) is 14.5. The summed E-state index contributed by atoms with van der Waals surface area (Å²) in [5, 5.41) is 7.39. The highest BCUT2D eigenvalue weighted by Crippen LogP contribution is 2.14. The van der Waals surface area contributed by atoms with Gasteiger partial charge in [0.15, 0.2) is 0 Å². The first-order valence-electron chi connectivity index (χ1n) is 21.4. The van der Waals surface area contributed by atoms with Crippen molar-refractivity contribution in [1.82, 2.24) is 10.6 Å². The second kappa shape index (κ2) is 41.0. The van der Waals surface area contributed by atoms with Crippen LogP contribution in [0.25, 0.3) is 0 Å². The van der Waals surface area contributed by atoms with Crippen LogP contribution >= 0.6 is 0 Å². The molecule has 0 saturated heterocycles. The lowest BCUT2D eigenvalue weighted by molar-refractivity contribution is 0.102. The van der Waals surface area contributed by atoms with Crippen molar-refractivity contribution in [2.24, 2.45) is 0 Å². The Morgan fingerprint density at radius 1 is 0.326 bits per heavy atom. The molecule has 0 aromatic carbocycles. The quantitative estimate of drug-likeness (QED) is 0.0645. The fourth-order valence-electron chi connectivity index (χ4n) is 6.44. The van der Waals surface area contributed by atoms with Gasteiger partial charge in [0, 0.05) is 38.4 Å². The minimum Gasteiger partial charge on any atom is -0.380 e. The molecule has 4 heteroatoms. The molecule has 0 aliphatic heterocycles. The zero-order valence-electron chi connectivity index (χ0n) is 32.4. The average Bonchev–Trinajstić information content (AvgIpc) is 3.07. The molecular formula is C42H88N2O2. The smallest absolute Gasteiger partial charge is 0.0619 e. The zero-order chi connectivity index (χ0) is 33.4. The minimum atomic E-state index is 0.463. The van der Waals surface area contributed by atoms with E-state index < -0.39 is 0 Å². The molecule has 0 amide bonds. The van der Waals surface area contributed by atoms with E-state index in [0.29, 0.717) is 12.1 Å². The minimum absolute atomic E-state index is 0.463. The summed E-state index contributed by atoms with van der Waals surface area (Å²) in [6.07, 6.45) is 41.6. The Morgan fingerprint density at radius 2 is 0.565 bits per heavy atom. The van der Waals surface area contributed by atoms with E-state index in [1.54, 1.807) is 0 Å².